The van der Waals surface area contributed by atoms with E-state index in [9.17, 15) is 4.79 Å². The molecule has 132 valence electrons. The predicted octanol–water partition coefficient (Wildman–Crippen LogP) is 0.792. The lowest BCUT2D eigenvalue weighted by Gasteiger charge is -2.42. The summed E-state index contributed by atoms with van der Waals surface area (Å²) in [4.78, 5) is 14.1. The van der Waals surface area contributed by atoms with E-state index in [1.807, 2.05) is 29.2 Å². The fourth-order valence-corrected chi connectivity index (χ4v) is 5.15. The molecule has 8 nitrogen and oxygen atoms in total. The highest BCUT2D eigenvalue weighted by molar-refractivity contribution is 8.01. The molecule has 3 unspecified atom stereocenters. The van der Waals surface area contributed by atoms with Crippen molar-refractivity contribution in [2.24, 2.45) is 5.73 Å². The van der Waals surface area contributed by atoms with E-state index in [4.69, 9.17) is 10.5 Å². The third-order valence-electron chi connectivity index (χ3n) is 4.80. The molecule has 0 saturated carbocycles. The van der Waals surface area contributed by atoms with Crippen molar-refractivity contribution in [3.8, 4) is 5.75 Å². The van der Waals surface area contributed by atoms with E-state index >= 15 is 0 Å². The monoisotopic (exact) mass is 360 g/mol. The van der Waals surface area contributed by atoms with E-state index in [1.165, 1.54) is 0 Å². The Balaban J connectivity index is 1.69. The number of nitrogens with zero attached hydrogens (tertiary/aromatic N) is 5. The van der Waals surface area contributed by atoms with Gasteiger partial charge in [-0.15, -0.1) is 16.9 Å². The lowest BCUT2D eigenvalue weighted by atomic mass is 9.95. The molecule has 2 aliphatic heterocycles. The molecule has 2 N–H and O–H groups in total. The Morgan fingerprint density at radius 2 is 2.12 bits per heavy atom. The number of hydrogen-bond donors (Lipinski definition) is 1. The number of tetrazole rings is 1. The first kappa shape index (κ1) is 16.3. The number of rotatable bonds is 4. The van der Waals surface area contributed by atoms with Crippen LogP contribution in [-0.4, -0.2) is 54.3 Å². The number of β-lactam (4-membered cyclic amide) rings is 1. The molecule has 9 heteroatoms. The van der Waals surface area contributed by atoms with Gasteiger partial charge in [-0.2, -0.15) is 0 Å². The summed E-state index contributed by atoms with van der Waals surface area (Å²) in [6, 6.07) is 7.11. The number of ether oxygens (including phenoxy) is 1. The number of para-hydroxylation sites is 1. The van der Waals surface area contributed by atoms with Crippen molar-refractivity contribution in [1.82, 2.24) is 25.1 Å². The van der Waals surface area contributed by atoms with Gasteiger partial charge in [0.2, 0.25) is 5.91 Å². The summed E-state index contributed by atoms with van der Waals surface area (Å²) in [6.45, 7) is 4.67. The molecular formula is C16H20N6O2S. The number of amides is 1. The van der Waals surface area contributed by atoms with Crippen molar-refractivity contribution in [2.45, 2.75) is 42.6 Å². The van der Waals surface area contributed by atoms with E-state index in [1.54, 1.807) is 23.6 Å². The number of nitrogens with two attached hydrogens (primary N) is 1. The molecule has 25 heavy (non-hydrogen) atoms. The maximum Gasteiger partial charge on any atom is 0.244 e. The molecule has 3 atom stereocenters. The summed E-state index contributed by atoms with van der Waals surface area (Å²) in [5.74, 6) is 1.41. The number of benzene rings is 1. The maximum atomic E-state index is 12.3. The fourth-order valence-electron chi connectivity index (χ4n) is 3.58. The van der Waals surface area contributed by atoms with Gasteiger partial charge in [-0.25, -0.2) is 4.68 Å². The van der Waals surface area contributed by atoms with Gasteiger partial charge in [0, 0.05) is 10.3 Å². The van der Waals surface area contributed by atoms with E-state index in [0.717, 1.165) is 11.3 Å². The molecule has 4 rings (SSSR count). The van der Waals surface area contributed by atoms with Gasteiger partial charge >= 0.3 is 0 Å². The average molecular weight is 360 g/mol. The van der Waals surface area contributed by atoms with E-state index in [-0.39, 0.29) is 22.1 Å². The zero-order valence-electron chi connectivity index (χ0n) is 14.3. The third-order valence-corrected chi connectivity index (χ3v) is 6.39. The molecule has 1 aromatic heterocycles. The first-order valence-electron chi connectivity index (χ1n) is 8.07. The van der Waals surface area contributed by atoms with Gasteiger partial charge in [-0.3, -0.25) is 4.79 Å². The number of hydrogen-bond acceptors (Lipinski definition) is 7. The molecule has 0 bridgehead atoms. The Bertz CT molecular complexity index is 822. The van der Waals surface area contributed by atoms with Crippen LogP contribution in [0.5, 0.6) is 5.75 Å². The van der Waals surface area contributed by atoms with Crippen LogP contribution in [0.2, 0.25) is 0 Å². The van der Waals surface area contributed by atoms with Crippen molar-refractivity contribution >= 4 is 17.7 Å². The molecular weight excluding hydrogens is 340 g/mol. The highest BCUT2D eigenvalue weighted by Gasteiger charge is 2.62. The van der Waals surface area contributed by atoms with Crippen molar-refractivity contribution in [2.75, 3.05) is 7.11 Å². The van der Waals surface area contributed by atoms with Crippen LogP contribution in [0.1, 0.15) is 31.3 Å². The van der Waals surface area contributed by atoms with Crippen molar-refractivity contribution in [3.63, 3.8) is 0 Å². The molecule has 2 aromatic rings. The van der Waals surface area contributed by atoms with Crippen LogP contribution < -0.4 is 10.5 Å². The van der Waals surface area contributed by atoms with Crippen LogP contribution in [0.15, 0.2) is 24.3 Å². The maximum absolute atomic E-state index is 12.3. The molecule has 0 radical (unpaired) electrons. The Kier molecular flexibility index (Phi) is 3.73. The number of fused-ring (bicyclic) bond motifs is 1. The molecule has 0 spiro atoms. The SMILES string of the molecule is COc1ccccc1Cn1nnnc1C1N2C(=O)C(N)C2SC1(C)C. The first-order chi connectivity index (χ1) is 11.9. The zero-order chi connectivity index (χ0) is 17.8. The number of carbonyl (C=O) groups is 1. The minimum atomic E-state index is -0.437. The van der Waals surface area contributed by atoms with E-state index in [2.05, 4.69) is 29.4 Å². The first-order valence-corrected chi connectivity index (χ1v) is 8.95. The van der Waals surface area contributed by atoms with Gasteiger partial charge in [0.1, 0.15) is 23.2 Å². The molecule has 3 heterocycles. The second kappa shape index (κ2) is 5.70. The Morgan fingerprint density at radius 1 is 1.36 bits per heavy atom. The van der Waals surface area contributed by atoms with Gasteiger partial charge in [0.15, 0.2) is 5.82 Å². The van der Waals surface area contributed by atoms with Gasteiger partial charge in [0.05, 0.1) is 13.7 Å². The quantitative estimate of drug-likeness (QED) is 0.805. The van der Waals surface area contributed by atoms with Crippen molar-refractivity contribution in [1.29, 1.82) is 0 Å². The summed E-state index contributed by atoms with van der Waals surface area (Å²) in [5, 5.41) is 12.2. The number of methoxy groups -OCH3 is 1. The summed E-state index contributed by atoms with van der Waals surface area (Å²) in [5.41, 5.74) is 6.93. The molecule has 0 aliphatic carbocycles. The van der Waals surface area contributed by atoms with E-state index in [0.29, 0.717) is 12.4 Å². The fraction of sp³-hybridized carbons (Fsp3) is 0.500. The highest BCUT2D eigenvalue weighted by Crippen LogP contribution is 2.56. The van der Waals surface area contributed by atoms with E-state index < -0.39 is 6.04 Å². The largest absolute Gasteiger partial charge is 0.496 e. The smallest absolute Gasteiger partial charge is 0.244 e. The minimum absolute atomic E-state index is 0.0103. The van der Waals surface area contributed by atoms with Gasteiger partial charge in [0.25, 0.3) is 0 Å². The lowest BCUT2D eigenvalue weighted by molar-refractivity contribution is -0.147. The Hall–Kier alpha value is -2.13. The van der Waals surface area contributed by atoms with Crippen LogP contribution in [0.4, 0.5) is 0 Å². The lowest BCUT2D eigenvalue weighted by Crippen LogP contribution is -2.65. The Morgan fingerprint density at radius 3 is 2.88 bits per heavy atom. The van der Waals surface area contributed by atoms with Gasteiger partial charge < -0.3 is 15.4 Å². The summed E-state index contributed by atoms with van der Waals surface area (Å²) < 4.78 is 6.93. The van der Waals surface area contributed by atoms with Crippen LogP contribution in [0.3, 0.4) is 0 Å². The number of carbonyl (C=O) groups excluding carboxylic acids is 1. The third kappa shape index (κ3) is 2.41. The number of thioether (sulfide) groups is 1. The van der Waals surface area contributed by atoms with Crippen molar-refractivity contribution < 1.29 is 9.53 Å². The summed E-state index contributed by atoms with van der Waals surface area (Å²) in [6.07, 6.45) is 0. The zero-order valence-corrected chi connectivity index (χ0v) is 15.1. The van der Waals surface area contributed by atoms with Crippen LogP contribution in [0, 0.1) is 0 Å². The van der Waals surface area contributed by atoms with Crippen LogP contribution >= 0.6 is 11.8 Å². The van der Waals surface area contributed by atoms with Crippen molar-refractivity contribution in [3.05, 3.63) is 35.7 Å². The molecule has 2 aliphatic rings. The summed E-state index contributed by atoms with van der Waals surface area (Å²) in [7, 11) is 1.64. The van der Waals surface area contributed by atoms with Crippen LogP contribution in [0.25, 0.3) is 0 Å². The standard InChI is InChI=1S/C16H20N6O2S/c1-16(2)12(22-14(23)11(17)15(22)25-16)13-18-19-20-21(13)8-9-6-4-5-7-10(9)24-3/h4-7,11-12,15H,8,17H2,1-3H3. The predicted molar refractivity (Wildman–Crippen MR) is 92.9 cm³/mol. The average Bonchev–Trinajstić information content (AvgIpc) is 3.14. The normalized spacial score (nSPS) is 27.1. The second-order valence-electron chi connectivity index (χ2n) is 6.79. The van der Waals surface area contributed by atoms with Crippen LogP contribution in [-0.2, 0) is 11.3 Å². The highest BCUT2D eigenvalue weighted by atomic mass is 32.2. The second-order valence-corrected chi connectivity index (χ2v) is 8.56. The molecule has 2 fully saturated rings. The topological polar surface area (TPSA) is 99.2 Å². The molecule has 1 amide bonds. The number of aromatic nitrogens is 4. The molecule has 2 saturated heterocycles. The van der Waals surface area contributed by atoms with Gasteiger partial charge in [-0.1, -0.05) is 18.2 Å². The summed E-state index contributed by atoms with van der Waals surface area (Å²) >= 11 is 1.70. The minimum Gasteiger partial charge on any atom is -0.496 e. The molecule has 1 aromatic carbocycles. The van der Waals surface area contributed by atoms with Gasteiger partial charge in [-0.05, 0) is 30.3 Å². The Labute approximate surface area is 149 Å².